The lowest BCUT2D eigenvalue weighted by molar-refractivity contribution is -0.140. The summed E-state index contributed by atoms with van der Waals surface area (Å²) < 4.78 is 10.8. The third-order valence-electron chi connectivity index (χ3n) is 3.52. The molecule has 0 aliphatic carbocycles. The second kappa shape index (κ2) is 6.54. The number of rotatable bonds is 6. The molecular formula is C13H28O3Si. The van der Waals surface area contributed by atoms with Gasteiger partial charge in [0, 0.05) is 12.5 Å². The molecule has 0 aromatic carbocycles. The Bertz CT molecular complexity index is 244. The fraction of sp³-hybridized carbons (Fsp3) is 0.923. The van der Waals surface area contributed by atoms with Crippen molar-refractivity contribution in [2.75, 3.05) is 7.11 Å². The van der Waals surface area contributed by atoms with Crippen LogP contribution in [0, 0.1) is 0 Å². The summed E-state index contributed by atoms with van der Waals surface area (Å²) in [6.45, 7) is 13.3. The van der Waals surface area contributed by atoms with Crippen molar-refractivity contribution in [1.29, 1.82) is 0 Å². The van der Waals surface area contributed by atoms with E-state index in [1.165, 1.54) is 7.11 Å². The normalized spacial score (nSPS) is 14.5. The van der Waals surface area contributed by atoms with Crippen LogP contribution < -0.4 is 0 Å². The lowest BCUT2D eigenvalue weighted by atomic mass is 10.2. The zero-order valence-corrected chi connectivity index (χ0v) is 13.4. The Labute approximate surface area is 107 Å². The first-order valence-electron chi connectivity index (χ1n) is 6.35. The molecule has 0 aromatic rings. The summed E-state index contributed by atoms with van der Waals surface area (Å²) in [5.74, 6) is -0.135. The molecule has 1 unspecified atom stereocenters. The summed E-state index contributed by atoms with van der Waals surface area (Å²) in [6, 6.07) is 0. The third-order valence-corrected chi connectivity index (χ3v) is 8.13. The van der Waals surface area contributed by atoms with E-state index >= 15 is 0 Å². The van der Waals surface area contributed by atoms with E-state index in [9.17, 15) is 4.79 Å². The highest BCUT2D eigenvalue weighted by molar-refractivity contribution is 6.74. The maximum atomic E-state index is 11.0. The Morgan fingerprint density at radius 2 is 1.82 bits per heavy atom. The lowest BCUT2D eigenvalue weighted by Crippen LogP contribution is -2.43. The van der Waals surface area contributed by atoms with Crippen LogP contribution in [-0.4, -0.2) is 27.5 Å². The van der Waals surface area contributed by atoms with Gasteiger partial charge >= 0.3 is 5.97 Å². The van der Waals surface area contributed by atoms with Gasteiger partial charge in [0.2, 0.25) is 0 Å². The first-order chi connectivity index (χ1) is 7.60. The Balaban J connectivity index is 4.02. The van der Waals surface area contributed by atoms with E-state index < -0.39 is 8.32 Å². The van der Waals surface area contributed by atoms with Gasteiger partial charge in [-0.05, 0) is 37.9 Å². The highest BCUT2D eigenvalue weighted by atomic mass is 28.4. The molecule has 0 bridgehead atoms. The summed E-state index contributed by atoms with van der Waals surface area (Å²) in [5, 5.41) is 0.240. The number of carbonyl (C=O) groups is 1. The van der Waals surface area contributed by atoms with Crippen molar-refractivity contribution in [3.63, 3.8) is 0 Å². The maximum absolute atomic E-state index is 11.0. The zero-order valence-electron chi connectivity index (χ0n) is 12.4. The first kappa shape index (κ1) is 16.6. The van der Waals surface area contributed by atoms with Gasteiger partial charge < -0.3 is 9.16 Å². The smallest absolute Gasteiger partial charge is 0.305 e. The number of hydrogen-bond acceptors (Lipinski definition) is 3. The van der Waals surface area contributed by atoms with Gasteiger partial charge in [-0.15, -0.1) is 0 Å². The van der Waals surface area contributed by atoms with Gasteiger partial charge in [-0.3, -0.25) is 4.79 Å². The number of carbonyl (C=O) groups excluding carboxylic acids is 1. The van der Waals surface area contributed by atoms with Crippen molar-refractivity contribution in [1.82, 2.24) is 0 Å². The molecule has 0 saturated carbocycles. The Kier molecular flexibility index (Phi) is 6.41. The number of methoxy groups -OCH3 is 1. The average Bonchev–Trinajstić information content (AvgIpc) is 2.14. The minimum atomic E-state index is -1.67. The highest BCUT2D eigenvalue weighted by Gasteiger charge is 2.38. The molecule has 17 heavy (non-hydrogen) atoms. The molecule has 0 aliphatic rings. The summed E-state index contributed by atoms with van der Waals surface area (Å²) in [4.78, 5) is 11.0. The van der Waals surface area contributed by atoms with Crippen molar-refractivity contribution in [3.8, 4) is 0 Å². The molecule has 0 saturated heterocycles. The van der Waals surface area contributed by atoms with Crippen molar-refractivity contribution in [3.05, 3.63) is 0 Å². The summed E-state index contributed by atoms with van der Waals surface area (Å²) in [5.41, 5.74) is 0. The maximum Gasteiger partial charge on any atom is 0.305 e. The van der Waals surface area contributed by atoms with Crippen LogP contribution in [0.25, 0.3) is 0 Å². The van der Waals surface area contributed by atoms with Crippen LogP contribution in [-0.2, 0) is 14.0 Å². The zero-order chi connectivity index (χ0) is 13.7. The largest absolute Gasteiger partial charge is 0.469 e. The van der Waals surface area contributed by atoms with E-state index in [1.54, 1.807) is 0 Å². The van der Waals surface area contributed by atoms with E-state index in [2.05, 4.69) is 45.5 Å². The van der Waals surface area contributed by atoms with Crippen LogP contribution in [0.4, 0.5) is 0 Å². The minimum Gasteiger partial charge on any atom is -0.469 e. The Morgan fingerprint density at radius 3 is 2.24 bits per heavy atom. The molecule has 3 nitrogen and oxygen atoms in total. The number of ether oxygens (including phenoxy) is 1. The second-order valence-corrected chi connectivity index (χ2v) is 10.9. The quantitative estimate of drug-likeness (QED) is 0.539. The van der Waals surface area contributed by atoms with Crippen LogP contribution in [0.15, 0.2) is 0 Å². The predicted molar refractivity (Wildman–Crippen MR) is 73.6 cm³/mol. The van der Waals surface area contributed by atoms with Crippen LogP contribution in [0.2, 0.25) is 18.1 Å². The van der Waals surface area contributed by atoms with Crippen LogP contribution in [0.1, 0.15) is 47.0 Å². The molecular weight excluding hydrogens is 232 g/mol. The van der Waals surface area contributed by atoms with Gasteiger partial charge in [0.1, 0.15) is 0 Å². The molecule has 0 rings (SSSR count). The van der Waals surface area contributed by atoms with Crippen molar-refractivity contribution >= 4 is 14.3 Å². The van der Waals surface area contributed by atoms with E-state index in [0.29, 0.717) is 6.42 Å². The van der Waals surface area contributed by atoms with Crippen molar-refractivity contribution in [2.24, 2.45) is 0 Å². The lowest BCUT2D eigenvalue weighted by Gasteiger charge is -2.38. The Morgan fingerprint density at radius 1 is 1.29 bits per heavy atom. The molecule has 1 atom stereocenters. The molecule has 102 valence electrons. The van der Waals surface area contributed by atoms with Gasteiger partial charge in [-0.1, -0.05) is 20.8 Å². The van der Waals surface area contributed by atoms with E-state index in [0.717, 1.165) is 12.8 Å². The highest BCUT2D eigenvalue weighted by Crippen LogP contribution is 2.37. The Hall–Kier alpha value is -0.353. The summed E-state index contributed by atoms with van der Waals surface area (Å²) in [7, 11) is -0.241. The topological polar surface area (TPSA) is 35.5 Å². The van der Waals surface area contributed by atoms with Crippen LogP contribution in [0.5, 0.6) is 0 Å². The van der Waals surface area contributed by atoms with Gasteiger partial charge in [0.15, 0.2) is 8.32 Å². The fourth-order valence-corrected chi connectivity index (χ4v) is 2.85. The molecule has 0 spiro atoms. The molecule has 0 aliphatic heterocycles. The average molecular weight is 260 g/mol. The van der Waals surface area contributed by atoms with E-state index in [1.807, 2.05) is 0 Å². The molecule has 0 amide bonds. The first-order valence-corrected chi connectivity index (χ1v) is 9.25. The van der Waals surface area contributed by atoms with Gasteiger partial charge in [0.25, 0.3) is 0 Å². The molecule has 0 aromatic heterocycles. The van der Waals surface area contributed by atoms with Gasteiger partial charge in [0.05, 0.1) is 7.11 Å². The fourth-order valence-electron chi connectivity index (χ4n) is 1.37. The second-order valence-electron chi connectivity index (χ2n) is 6.16. The van der Waals surface area contributed by atoms with Crippen molar-refractivity contribution in [2.45, 2.75) is 71.2 Å². The number of hydrogen-bond donors (Lipinski definition) is 0. The monoisotopic (exact) mass is 260 g/mol. The van der Waals surface area contributed by atoms with E-state index in [4.69, 9.17) is 4.43 Å². The minimum absolute atomic E-state index is 0.135. The van der Waals surface area contributed by atoms with Crippen LogP contribution in [0.3, 0.4) is 0 Å². The van der Waals surface area contributed by atoms with Gasteiger partial charge in [-0.25, -0.2) is 0 Å². The molecule has 4 heteroatoms. The third kappa shape index (κ3) is 6.22. The van der Waals surface area contributed by atoms with Crippen LogP contribution >= 0.6 is 0 Å². The van der Waals surface area contributed by atoms with Crippen molar-refractivity contribution < 1.29 is 14.0 Å². The molecule has 0 N–H and O–H groups in total. The SMILES string of the molecule is COC(=O)CCCC(C)O[Si](C)(C)C(C)(C)C. The number of esters is 1. The predicted octanol–water partition coefficient (Wildman–Crippen LogP) is 3.74. The summed E-state index contributed by atoms with van der Waals surface area (Å²) in [6.07, 6.45) is 2.46. The summed E-state index contributed by atoms with van der Waals surface area (Å²) >= 11 is 0. The molecule has 0 radical (unpaired) electrons. The van der Waals surface area contributed by atoms with E-state index in [-0.39, 0.29) is 17.1 Å². The van der Waals surface area contributed by atoms with Gasteiger partial charge in [-0.2, -0.15) is 0 Å². The molecule has 0 heterocycles. The standard InChI is InChI=1S/C13H28O3Si/c1-11(9-8-10-12(14)15-5)16-17(6,7)13(2,3)4/h11H,8-10H2,1-7H3. The molecule has 0 fully saturated rings.